The third-order valence-corrected chi connectivity index (χ3v) is 2.45. The van der Waals surface area contributed by atoms with Crippen LogP contribution in [0.4, 0.5) is 0 Å². The highest BCUT2D eigenvalue weighted by Crippen LogP contribution is 2.34. The van der Waals surface area contributed by atoms with Gasteiger partial charge >= 0.3 is 0 Å². The highest BCUT2D eigenvalue weighted by atomic mass is 32.1. The molecule has 0 aromatic rings. The highest BCUT2D eigenvalue weighted by molar-refractivity contribution is 7.81. The first-order valence-electron chi connectivity index (χ1n) is 3.01. The van der Waals surface area contributed by atoms with Gasteiger partial charge in [0.15, 0.2) is 0 Å². The summed E-state index contributed by atoms with van der Waals surface area (Å²) in [6.07, 6.45) is 5.29. The zero-order chi connectivity index (χ0) is 7.71. The fourth-order valence-electron chi connectivity index (χ4n) is 0.177. The van der Waals surface area contributed by atoms with Gasteiger partial charge in [0.05, 0.1) is 0 Å². The maximum atomic E-state index is 5.29. The van der Waals surface area contributed by atoms with Crippen LogP contribution in [0.15, 0.2) is 0 Å². The summed E-state index contributed by atoms with van der Waals surface area (Å²) in [5, 5.41) is 0. The number of rotatable bonds is 1. The molecule has 9 heavy (non-hydrogen) atoms. The van der Waals surface area contributed by atoms with Gasteiger partial charge in [-0.25, -0.2) is 0 Å². The Hall–Kier alpha value is -0.0900. The van der Waals surface area contributed by atoms with E-state index in [1.807, 2.05) is 27.7 Å². The van der Waals surface area contributed by atoms with Crippen molar-refractivity contribution in [3.05, 3.63) is 0 Å². The van der Waals surface area contributed by atoms with E-state index in [0.717, 1.165) is 0 Å². The molecule has 0 heterocycles. The van der Waals surface area contributed by atoms with E-state index in [-0.39, 0.29) is 10.2 Å². The highest BCUT2D eigenvalue weighted by Gasteiger charge is 2.31. The van der Waals surface area contributed by atoms with Gasteiger partial charge in [-0.1, -0.05) is 5.92 Å². The Morgan fingerprint density at radius 3 is 1.56 bits per heavy atom. The molecule has 0 atom stereocenters. The minimum absolute atomic E-state index is 0.0955. The lowest BCUT2D eigenvalue weighted by Crippen LogP contribution is -2.31. The molecule has 0 amide bonds. The minimum atomic E-state index is -0.129. The normalized spacial score (nSPS) is 12.9. The summed E-state index contributed by atoms with van der Waals surface area (Å²) in [5.74, 6) is 2.70. The minimum Gasteiger partial charge on any atom is -0.172 e. The average Bonchev–Trinajstić information content (AvgIpc) is 1.64. The molecule has 0 aliphatic rings. The van der Waals surface area contributed by atoms with Crippen LogP contribution in [0.5, 0.6) is 0 Å². The molecule has 0 nitrogen and oxygen atoms in total. The van der Waals surface area contributed by atoms with Crippen molar-refractivity contribution in [3.63, 3.8) is 0 Å². The Morgan fingerprint density at radius 1 is 1.22 bits per heavy atom. The van der Waals surface area contributed by atoms with Gasteiger partial charge in [-0.15, -0.1) is 6.42 Å². The smallest absolute Gasteiger partial charge is 0.0394 e. The lowest BCUT2D eigenvalue weighted by molar-refractivity contribution is 0.394. The summed E-state index contributed by atoms with van der Waals surface area (Å²) in [5.41, 5.74) is -0.129. The molecule has 0 radical (unpaired) electrons. The standard InChI is InChI=1S/C8H14S/c1-6-7(2,3)8(4,5)9/h1,9H,2-5H3. The van der Waals surface area contributed by atoms with E-state index in [9.17, 15) is 0 Å². The monoisotopic (exact) mass is 142 g/mol. The summed E-state index contributed by atoms with van der Waals surface area (Å²) in [4.78, 5) is 0. The van der Waals surface area contributed by atoms with Crippen molar-refractivity contribution in [2.24, 2.45) is 5.41 Å². The maximum Gasteiger partial charge on any atom is 0.0394 e. The Labute approximate surface area is 63.4 Å². The number of hydrogen-bond acceptors (Lipinski definition) is 1. The van der Waals surface area contributed by atoms with E-state index < -0.39 is 0 Å². The van der Waals surface area contributed by atoms with Crippen molar-refractivity contribution < 1.29 is 0 Å². The van der Waals surface area contributed by atoms with Gasteiger partial charge in [0.1, 0.15) is 0 Å². The van der Waals surface area contributed by atoms with Crippen LogP contribution in [-0.4, -0.2) is 4.75 Å². The van der Waals surface area contributed by atoms with Gasteiger partial charge in [0.25, 0.3) is 0 Å². The van der Waals surface area contributed by atoms with E-state index in [4.69, 9.17) is 6.42 Å². The largest absolute Gasteiger partial charge is 0.172 e. The summed E-state index contributed by atoms with van der Waals surface area (Å²) in [6, 6.07) is 0. The Morgan fingerprint density at radius 2 is 1.56 bits per heavy atom. The molecule has 0 spiro atoms. The van der Waals surface area contributed by atoms with Crippen LogP contribution >= 0.6 is 12.6 Å². The molecule has 0 aromatic carbocycles. The van der Waals surface area contributed by atoms with E-state index >= 15 is 0 Å². The van der Waals surface area contributed by atoms with Crippen LogP contribution in [0.3, 0.4) is 0 Å². The Kier molecular flexibility index (Phi) is 2.24. The van der Waals surface area contributed by atoms with E-state index in [0.29, 0.717) is 0 Å². The van der Waals surface area contributed by atoms with Gasteiger partial charge in [-0.05, 0) is 27.7 Å². The van der Waals surface area contributed by atoms with Crippen LogP contribution < -0.4 is 0 Å². The van der Waals surface area contributed by atoms with Crippen molar-refractivity contribution in [3.8, 4) is 12.3 Å². The van der Waals surface area contributed by atoms with Gasteiger partial charge in [0.2, 0.25) is 0 Å². The molecule has 0 aliphatic carbocycles. The predicted molar refractivity (Wildman–Crippen MR) is 45.7 cm³/mol. The fourth-order valence-corrected chi connectivity index (χ4v) is 0.241. The van der Waals surface area contributed by atoms with Gasteiger partial charge in [0, 0.05) is 10.2 Å². The summed E-state index contributed by atoms with van der Waals surface area (Å²) in [6.45, 7) is 8.08. The Bertz CT molecular complexity index is 132. The Balaban J connectivity index is 4.39. The zero-order valence-electron chi connectivity index (χ0n) is 6.52. The molecule has 0 N–H and O–H groups in total. The van der Waals surface area contributed by atoms with Crippen molar-refractivity contribution in [1.29, 1.82) is 0 Å². The second kappa shape index (κ2) is 2.27. The zero-order valence-corrected chi connectivity index (χ0v) is 7.42. The van der Waals surface area contributed by atoms with E-state index in [2.05, 4.69) is 18.5 Å². The SMILES string of the molecule is C#CC(C)(C)C(C)(C)S. The molecule has 52 valence electrons. The van der Waals surface area contributed by atoms with E-state index in [1.165, 1.54) is 0 Å². The number of terminal acetylenes is 1. The molecule has 0 unspecified atom stereocenters. The lowest BCUT2D eigenvalue weighted by atomic mass is 9.81. The molecule has 0 fully saturated rings. The second-order valence-corrected chi connectivity index (χ2v) is 4.45. The molecule has 0 aromatic heterocycles. The third kappa shape index (κ3) is 1.95. The third-order valence-electron chi connectivity index (χ3n) is 1.89. The first-order valence-corrected chi connectivity index (χ1v) is 3.46. The predicted octanol–water partition coefficient (Wildman–Crippen LogP) is 2.35. The van der Waals surface area contributed by atoms with Crippen LogP contribution in [0, 0.1) is 17.8 Å². The first-order chi connectivity index (χ1) is 3.81. The summed E-state index contributed by atoms with van der Waals surface area (Å²) in [7, 11) is 0. The molecule has 0 rings (SSSR count). The van der Waals surface area contributed by atoms with Crippen LogP contribution in [0.1, 0.15) is 27.7 Å². The summed E-state index contributed by atoms with van der Waals surface area (Å²) < 4.78 is -0.0955. The van der Waals surface area contributed by atoms with E-state index in [1.54, 1.807) is 0 Å². The molecular formula is C8H14S. The molecule has 0 saturated heterocycles. The molecule has 1 heteroatoms. The topological polar surface area (TPSA) is 0 Å². The quantitative estimate of drug-likeness (QED) is 0.421. The van der Waals surface area contributed by atoms with Gasteiger partial charge < -0.3 is 0 Å². The maximum absolute atomic E-state index is 5.29. The number of hydrogen-bond donors (Lipinski definition) is 1. The lowest BCUT2D eigenvalue weighted by Gasteiger charge is -2.32. The van der Waals surface area contributed by atoms with Crippen molar-refractivity contribution >= 4 is 12.6 Å². The fraction of sp³-hybridized carbons (Fsp3) is 0.750. The average molecular weight is 142 g/mol. The van der Waals surface area contributed by atoms with Crippen molar-refractivity contribution in [2.45, 2.75) is 32.4 Å². The first kappa shape index (κ1) is 8.91. The molecular weight excluding hydrogens is 128 g/mol. The van der Waals surface area contributed by atoms with Crippen molar-refractivity contribution in [1.82, 2.24) is 0 Å². The second-order valence-electron chi connectivity index (χ2n) is 3.33. The molecule has 0 bridgehead atoms. The van der Waals surface area contributed by atoms with Gasteiger partial charge in [-0.3, -0.25) is 0 Å². The van der Waals surface area contributed by atoms with Crippen LogP contribution in [0.25, 0.3) is 0 Å². The van der Waals surface area contributed by atoms with Crippen molar-refractivity contribution in [2.75, 3.05) is 0 Å². The van der Waals surface area contributed by atoms with Crippen LogP contribution in [-0.2, 0) is 0 Å². The van der Waals surface area contributed by atoms with Gasteiger partial charge in [-0.2, -0.15) is 12.6 Å². The molecule has 0 aliphatic heterocycles. The number of thiol groups is 1. The summed E-state index contributed by atoms with van der Waals surface area (Å²) >= 11 is 4.37. The molecule has 0 saturated carbocycles. The van der Waals surface area contributed by atoms with Crippen LogP contribution in [0.2, 0.25) is 0 Å².